The van der Waals surface area contributed by atoms with E-state index in [-0.39, 0.29) is 5.75 Å². The van der Waals surface area contributed by atoms with E-state index in [1.54, 1.807) is 18.2 Å². The first-order valence-electron chi connectivity index (χ1n) is 4.34. The smallest absolute Gasteiger partial charge is 0.240 e. The van der Waals surface area contributed by atoms with Crippen LogP contribution in [0.3, 0.4) is 0 Å². The predicted octanol–water partition coefficient (Wildman–Crippen LogP) is 0.978. The number of aliphatic hydroxyl groups is 2. The zero-order valence-electron chi connectivity index (χ0n) is 7.87. The van der Waals surface area contributed by atoms with Crippen LogP contribution in [0.25, 0.3) is 0 Å². The van der Waals surface area contributed by atoms with E-state index < -0.39 is 12.2 Å². The highest BCUT2D eigenvalue weighted by atomic mass is 32.1. The number of nitrogens with zero attached hydrogens (tertiary/aromatic N) is 1. The van der Waals surface area contributed by atoms with Gasteiger partial charge < -0.3 is 10.2 Å². The van der Waals surface area contributed by atoms with Gasteiger partial charge in [-0.1, -0.05) is 12.1 Å². The predicted molar refractivity (Wildman–Crippen MR) is 59.0 cm³/mol. The topological polar surface area (TPSA) is 69.9 Å². The molecule has 0 aliphatic rings. The average molecular weight is 225 g/mol. The molecule has 5 heteroatoms. The Morgan fingerprint density at radius 3 is 2.80 bits per heavy atom. The normalized spacial score (nSPS) is 14.1. The van der Waals surface area contributed by atoms with E-state index in [0.29, 0.717) is 11.3 Å². The SMILES string of the molecule is O=C=Nc1cccc(C(O)C(O)CS)c1. The molecule has 4 nitrogen and oxygen atoms in total. The van der Waals surface area contributed by atoms with E-state index in [9.17, 15) is 15.0 Å². The molecule has 2 atom stereocenters. The van der Waals surface area contributed by atoms with E-state index in [1.807, 2.05) is 0 Å². The fraction of sp³-hybridized carbons (Fsp3) is 0.300. The van der Waals surface area contributed by atoms with Crippen LogP contribution in [-0.4, -0.2) is 28.1 Å². The molecule has 0 saturated heterocycles. The fourth-order valence-electron chi connectivity index (χ4n) is 1.15. The van der Waals surface area contributed by atoms with Gasteiger partial charge in [0.05, 0.1) is 11.8 Å². The molecule has 0 amide bonds. The quantitative estimate of drug-likeness (QED) is 0.406. The molecule has 0 aromatic heterocycles. The van der Waals surface area contributed by atoms with Crippen molar-refractivity contribution in [3.63, 3.8) is 0 Å². The van der Waals surface area contributed by atoms with Gasteiger partial charge in [0, 0.05) is 5.75 Å². The molecular weight excluding hydrogens is 214 g/mol. The van der Waals surface area contributed by atoms with E-state index >= 15 is 0 Å². The van der Waals surface area contributed by atoms with Gasteiger partial charge in [0.25, 0.3) is 0 Å². The molecule has 1 aromatic rings. The Morgan fingerprint density at radius 2 is 2.20 bits per heavy atom. The lowest BCUT2D eigenvalue weighted by molar-refractivity contribution is 0.0338. The highest BCUT2D eigenvalue weighted by Gasteiger charge is 2.16. The summed E-state index contributed by atoms with van der Waals surface area (Å²) in [4.78, 5) is 13.4. The number of rotatable bonds is 4. The molecule has 0 aliphatic heterocycles. The van der Waals surface area contributed by atoms with Crippen molar-refractivity contribution < 1.29 is 15.0 Å². The molecule has 1 rings (SSSR count). The summed E-state index contributed by atoms with van der Waals surface area (Å²) >= 11 is 3.88. The van der Waals surface area contributed by atoms with Gasteiger partial charge in [-0.15, -0.1) is 0 Å². The van der Waals surface area contributed by atoms with Crippen LogP contribution in [-0.2, 0) is 4.79 Å². The molecule has 15 heavy (non-hydrogen) atoms. The lowest BCUT2D eigenvalue weighted by atomic mass is 10.1. The second kappa shape index (κ2) is 5.68. The molecule has 2 N–H and O–H groups in total. The Bertz CT molecular complexity index is 377. The van der Waals surface area contributed by atoms with Crippen LogP contribution >= 0.6 is 12.6 Å². The molecule has 0 bridgehead atoms. The Labute approximate surface area is 92.7 Å². The molecule has 2 unspecified atom stereocenters. The first kappa shape index (κ1) is 11.9. The van der Waals surface area contributed by atoms with Crippen molar-refractivity contribution in [2.45, 2.75) is 12.2 Å². The zero-order valence-corrected chi connectivity index (χ0v) is 8.76. The number of hydrogen-bond donors (Lipinski definition) is 3. The second-order valence-corrected chi connectivity index (χ2v) is 3.36. The highest BCUT2D eigenvalue weighted by Crippen LogP contribution is 2.22. The van der Waals surface area contributed by atoms with Gasteiger partial charge in [0.2, 0.25) is 6.08 Å². The number of isocyanates is 1. The molecule has 0 saturated carbocycles. The number of aliphatic imine (C=N–C) groups is 1. The second-order valence-electron chi connectivity index (χ2n) is 2.99. The van der Waals surface area contributed by atoms with Crippen molar-refractivity contribution in [2.24, 2.45) is 4.99 Å². The summed E-state index contributed by atoms with van der Waals surface area (Å²) in [6, 6.07) is 6.40. The van der Waals surface area contributed by atoms with Gasteiger partial charge >= 0.3 is 0 Å². The van der Waals surface area contributed by atoms with Gasteiger partial charge in [-0.05, 0) is 17.7 Å². The summed E-state index contributed by atoms with van der Waals surface area (Å²) in [5.41, 5.74) is 0.890. The van der Waals surface area contributed by atoms with Crippen LogP contribution in [0.1, 0.15) is 11.7 Å². The Morgan fingerprint density at radius 1 is 1.47 bits per heavy atom. The summed E-state index contributed by atoms with van der Waals surface area (Å²) in [5, 5.41) is 19.0. The lowest BCUT2D eigenvalue weighted by Crippen LogP contribution is -2.19. The molecule has 0 fully saturated rings. The summed E-state index contributed by atoms with van der Waals surface area (Å²) in [6.45, 7) is 0. The maximum Gasteiger partial charge on any atom is 0.240 e. The monoisotopic (exact) mass is 225 g/mol. The molecule has 0 spiro atoms. The van der Waals surface area contributed by atoms with Crippen molar-refractivity contribution in [1.82, 2.24) is 0 Å². The molecule has 0 heterocycles. The largest absolute Gasteiger partial charge is 0.389 e. The van der Waals surface area contributed by atoms with E-state index in [1.165, 1.54) is 12.1 Å². The first-order chi connectivity index (χ1) is 7.19. The summed E-state index contributed by atoms with van der Waals surface area (Å²) in [7, 11) is 0. The number of carbonyl (C=O) groups excluding carboxylic acids is 1. The van der Waals surface area contributed by atoms with Crippen LogP contribution in [0.5, 0.6) is 0 Å². The minimum Gasteiger partial charge on any atom is -0.389 e. The van der Waals surface area contributed by atoms with Crippen LogP contribution < -0.4 is 0 Å². The van der Waals surface area contributed by atoms with Crippen molar-refractivity contribution >= 4 is 24.4 Å². The number of thiol groups is 1. The minimum atomic E-state index is -1.02. The van der Waals surface area contributed by atoms with Crippen LogP contribution in [0.4, 0.5) is 5.69 Å². The summed E-state index contributed by atoms with van der Waals surface area (Å²) in [6.07, 6.45) is -0.556. The number of benzene rings is 1. The van der Waals surface area contributed by atoms with Gasteiger partial charge in [-0.25, -0.2) is 4.79 Å². The van der Waals surface area contributed by atoms with Crippen LogP contribution in [0.2, 0.25) is 0 Å². The van der Waals surface area contributed by atoms with Gasteiger partial charge in [0.1, 0.15) is 6.10 Å². The van der Waals surface area contributed by atoms with E-state index in [2.05, 4.69) is 17.6 Å². The van der Waals surface area contributed by atoms with Crippen LogP contribution in [0, 0.1) is 0 Å². The molecule has 80 valence electrons. The molecule has 0 aliphatic carbocycles. The van der Waals surface area contributed by atoms with Crippen LogP contribution in [0.15, 0.2) is 29.3 Å². The highest BCUT2D eigenvalue weighted by molar-refractivity contribution is 7.80. The Hall–Kier alpha value is -1.13. The third-order valence-corrected chi connectivity index (χ3v) is 2.31. The molecule has 0 radical (unpaired) electrons. The average Bonchev–Trinajstić information content (AvgIpc) is 2.28. The Kier molecular flexibility index (Phi) is 4.52. The first-order valence-corrected chi connectivity index (χ1v) is 4.97. The fourth-order valence-corrected chi connectivity index (χ4v) is 1.35. The third-order valence-electron chi connectivity index (χ3n) is 1.94. The van der Waals surface area contributed by atoms with E-state index in [0.717, 1.165) is 0 Å². The minimum absolute atomic E-state index is 0.155. The van der Waals surface area contributed by atoms with Crippen molar-refractivity contribution in [1.29, 1.82) is 0 Å². The summed E-state index contributed by atoms with van der Waals surface area (Å²) in [5.74, 6) is 0.155. The lowest BCUT2D eigenvalue weighted by Gasteiger charge is -2.15. The third kappa shape index (κ3) is 3.18. The maximum atomic E-state index is 10.0. The number of aliphatic hydroxyl groups excluding tert-OH is 2. The van der Waals surface area contributed by atoms with Crippen molar-refractivity contribution in [3.8, 4) is 0 Å². The zero-order chi connectivity index (χ0) is 11.3. The van der Waals surface area contributed by atoms with Gasteiger partial charge in [-0.2, -0.15) is 17.6 Å². The Balaban J connectivity index is 2.94. The van der Waals surface area contributed by atoms with Crippen molar-refractivity contribution in [3.05, 3.63) is 29.8 Å². The number of hydrogen-bond acceptors (Lipinski definition) is 5. The van der Waals surface area contributed by atoms with Crippen molar-refractivity contribution in [2.75, 3.05) is 5.75 Å². The standard InChI is InChI=1S/C10H11NO3S/c12-6-11-8-3-1-2-7(4-8)10(14)9(13)5-15/h1-4,9-10,13-15H,5H2. The maximum absolute atomic E-state index is 10.0. The van der Waals surface area contributed by atoms with Gasteiger partial charge in [-0.3, -0.25) is 0 Å². The van der Waals surface area contributed by atoms with E-state index in [4.69, 9.17) is 0 Å². The van der Waals surface area contributed by atoms with Gasteiger partial charge in [0.15, 0.2) is 0 Å². The summed E-state index contributed by atoms with van der Waals surface area (Å²) < 4.78 is 0. The molecule has 1 aromatic carbocycles. The molecular formula is C10H11NO3S.